The molecule has 0 aliphatic rings. The van der Waals surface area contributed by atoms with Crippen LogP contribution in [0.25, 0.3) is 10.2 Å². The van der Waals surface area contributed by atoms with Crippen molar-refractivity contribution in [3.63, 3.8) is 0 Å². The van der Waals surface area contributed by atoms with E-state index in [1.54, 1.807) is 18.4 Å². The van der Waals surface area contributed by atoms with Crippen LogP contribution >= 0.6 is 33.9 Å². The summed E-state index contributed by atoms with van der Waals surface area (Å²) in [4.78, 5) is 4.56. The highest BCUT2D eigenvalue weighted by Gasteiger charge is 2.05. The molecule has 3 nitrogen and oxygen atoms in total. The van der Waals surface area contributed by atoms with E-state index in [1.807, 2.05) is 18.2 Å². The quantitative estimate of drug-likeness (QED) is 0.670. The van der Waals surface area contributed by atoms with Gasteiger partial charge in [0.2, 0.25) is 0 Å². The molecule has 1 heterocycles. The topological polar surface area (TPSA) is 34.1 Å². The van der Waals surface area contributed by atoms with E-state index in [0.29, 0.717) is 0 Å². The van der Waals surface area contributed by atoms with Gasteiger partial charge in [0.05, 0.1) is 17.3 Å². The molecular weight excluding hydrogens is 371 g/mol. The molecule has 3 rings (SSSR count). The molecule has 0 fully saturated rings. The number of anilines is 2. The van der Waals surface area contributed by atoms with Crippen LogP contribution in [0.4, 0.5) is 10.8 Å². The van der Waals surface area contributed by atoms with Crippen LogP contribution in [0.2, 0.25) is 0 Å². The molecule has 5 heteroatoms. The average Bonchev–Trinajstić information content (AvgIpc) is 2.82. The number of fused-ring (bicyclic) bond motifs is 1. The van der Waals surface area contributed by atoms with E-state index in [2.05, 4.69) is 57.2 Å². The molecule has 0 saturated carbocycles. The molecule has 19 heavy (non-hydrogen) atoms. The van der Waals surface area contributed by atoms with Crippen molar-refractivity contribution in [3.05, 3.63) is 46.0 Å². The zero-order valence-electron chi connectivity index (χ0n) is 10.2. The van der Waals surface area contributed by atoms with Crippen LogP contribution in [0.3, 0.4) is 0 Å². The molecule has 0 atom stereocenters. The molecule has 0 spiro atoms. The SMILES string of the molecule is COc1ccc2nc(Nc3ccc(I)cc3)sc2c1. The third kappa shape index (κ3) is 2.82. The van der Waals surface area contributed by atoms with Crippen molar-refractivity contribution in [2.24, 2.45) is 0 Å². The van der Waals surface area contributed by atoms with Gasteiger partial charge in [-0.15, -0.1) is 0 Å². The highest BCUT2D eigenvalue weighted by molar-refractivity contribution is 14.1. The number of nitrogens with one attached hydrogen (secondary N) is 1. The van der Waals surface area contributed by atoms with Crippen molar-refractivity contribution in [2.45, 2.75) is 0 Å². The summed E-state index contributed by atoms with van der Waals surface area (Å²) in [6.45, 7) is 0. The van der Waals surface area contributed by atoms with E-state index in [1.165, 1.54) is 3.57 Å². The summed E-state index contributed by atoms with van der Waals surface area (Å²) in [5.41, 5.74) is 2.03. The van der Waals surface area contributed by atoms with E-state index in [9.17, 15) is 0 Å². The van der Waals surface area contributed by atoms with Gasteiger partial charge in [-0.05, 0) is 65.1 Å². The highest BCUT2D eigenvalue weighted by atomic mass is 127. The Kier molecular flexibility index (Phi) is 3.56. The number of aromatic nitrogens is 1. The van der Waals surface area contributed by atoms with Gasteiger partial charge in [0.15, 0.2) is 5.13 Å². The molecule has 2 aromatic carbocycles. The Hall–Kier alpha value is -1.34. The predicted molar refractivity (Wildman–Crippen MR) is 88.6 cm³/mol. The Labute approximate surface area is 128 Å². The van der Waals surface area contributed by atoms with Gasteiger partial charge in [-0.3, -0.25) is 0 Å². The first kappa shape index (κ1) is 12.7. The maximum absolute atomic E-state index is 5.22. The van der Waals surface area contributed by atoms with Crippen LogP contribution in [-0.4, -0.2) is 12.1 Å². The molecule has 0 bridgehead atoms. The largest absolute Gasteiger partial charge is 0.497 e. The first-order valence-corrected chi connectivity index (χ1v) is 7.61. The maximum atomic E-state index is 5.22. The van der Waals surface area contributed by atoms with Gasteiger partial charge in [-0.2, -0.15) is 0 Å². The van der Waals surface area contributed by atoms with Crippen LogP contribution in [0.1, 0.15) is 0 Å². The summed E-state index contributed by atoms with van der Waals surface area (Å²) >= 11 is 3.91. The average molecular weight is 382 g/mol. The van der Waals surface area contributed by atoms with E-state index < -0.39 is 0 Å². The summed E-state index contributed by atoms with van der Waals surface area (Å²) in [5, 5.41) is 4.21. The Bertz CT molecular complexity index is 709. The van der Waals surface area contributed by atoms with Gasteiger partial charge >= 0.3 is 0 Å². The Morgan fingerprint density at radius 1 is 1.16 bits per heavy atom. The van der Waals surface area contributed by atoms with Crippen molar-refractivity contribution in [2.75, 3.05) is 12.4 Å². The van der Waals surface area contributed by atoms with Crippen LogP contribution < -0.4 is 10.1 Å². The second-order valence-electron chi connectivity index (χ2n) is 3.98. The van der Waals surface area contributed by atoms with Gasteiger partial charge < -0.3 is 10.1 Å². The van der Waals surface area contributed by atoms with E-state index >= 15 is 0 Å². The Balaban J connectivity index is 1.90. The zero-order valence-corrected chi connectivity index (χ0v) is 13.2. The lowest BCUT2D eigenvalue weighted by Gasteiger charge is -2.01. The summed E-state index contributed by atoms with van der Waals surface area (Å²) in [6, 6.07) is 14.1. The minimum Gasteiger partial charge on any atom is -0.497 e. The monoisotopic (exact) mass is 382 g/mol. The molecular formula is C14H11IN2OS. The fraction of sp³-hybridized carbons (Fsp3) is 0.0714. The minimum absolute atomic E-state index is 0.858. The first-order chi connectivity index (χ1) is 9.24. The first-order valence-electron chi connectivity index (χ1n) is 5.72. The number of ether oxygens (including phenoxy) is 1. The van der Waals surface area contributed by atoms with E-state index in [4.69, 9.17) is 4.74 Å². The van der Waals surface area contributed by atoms with Gasteiger partial charge in [-0.1, -0.05) is 11.3 Å². The number of methoxy groups -OCH3 is 1. The second kappa shape index (κ2) is 5.34. The van der Waals surface area contributed by atoms with Gasteiger partial charge in [0, 0.05) is 9.26 Å². The third-order valence-corrected chi connectivity index (χ3v) is 4.34. The normalized spacial score (nSPS) is 10.6. The van der Waals surface area contributed by atoms with Crippen molar-refractivity contribution < 1.29 is 4.74 Å². The van der Waals surface area contributed by atoms with Crippen LogP contribution in [0, 0.1) is 3.57 Å². The van der Waals surface area contributed by atoms with Crippen LogP contribution in [0.15, 0.2) is 42.5 Å². The minimum atomic E-state index is 0.858. The number of hydrogen-bond acceptors (Lipinski definition) is 4. The van der Waals surface area contributed by atoms with Gasteiger partial charge in [-0.25, -0.2) is 4.98 Å². The molecule has 0 amide bonds. The lowest BCUT2D eigenvalue weighted by Crippen LogP contribution is -1.88. The molecule has 3 aromatic rings. The van der Waals surface area contributed by atoms with Crippen LogP contribution in [-0.2, 0) is 0 Å². The fourth-order valence-electron chi connectivity index (χ4n) is 1.74. The molecule has 1 aromatic heterocycles. The molecule has 96 valence electrons. The third-order valence-electron chi connectivity index (χ3n) is 2.69. The number of rotatable bonds is 3. The van der Waals surface area contributed by atoms with Crippen LogP contribution in [0.5, 0.6) is 5.75 Å². The fourth-order valence-corrected chi connectivity index (χ4v) is 3.02. The molecule has 0 saturated heterocycles. The van der Waals surface area contributed by atoms with Gasteiger partial charge in [0.25, 0.3) is 0 Å². The summed E-state index contributed by atoms with van der Waals surface area (Å²) in [6.07, 6.45) is 0. The van der Waals surface area contributed by atoms with Crippen molar-refractivity contribution in [1.29, 1.82) is 0 Å². The lowest BCUT2D eigenvalue weighted by atomic mass is 10.3. The molecule has 0 aliphatic heterocycles. The van der Waals surface area contributed by atoms with Crippen molar-refractivity contribution >= 4 is 55.0 Å². The summed E-state index contributed by atoms with van der Waals surface area (Å²) in [7, 11) is 1.67. The number of nitrogens with zero attached hydrogens (tertiary/aromatic N) is 1. The summed E-state index contributed by atoms with van der Waals surface area (Å²) < 4.78 is 7.56. The second-order valence-corrected chi connectivity index (χ2v) is 6.26. The lowest BCUT2D eigenvalue weighted by molar-refractivity contribution is 0.415. The standard InChI is InChI=1S/C14H11IN2OS/c1-18-11-6-7-12-13(8-11)19-14(17-12)16-10-4-2-9(15)3-5-10/h2-8H,1H3,(H,16,17). The maximum Gasteiger partial charge on any atom is 0.188 e. The molecule has 0 unspecified atom stereocenters. The summed E-state index contributed by atoms with van der Waals surface area (Å²) in [5.74, 6) is 0.858. The number of thiazole rings is 1. The number of hydrogen-bond donors (Lipinski definition) is 1. The Morgan fingerprint density at radius 2 is 1.95 bits per heavy atom. The van der Waals surface area contributed by atoms with Crippen molar-refractivity contribution in [3.8, 4) is 5.75 Å². The predicted octanol–water partition coefficient (Wildman–Crippen LogP) is 4.65. The van der Waals surface area contributed by atoms with Crippen molar-refractivity contribution in [1.82, 2.24) is 4.98 Å². The Morgan fingerprint density at radius 3 is 2.68 bits per heavy atom. The van der Waals surface area contributed by atoms with Gasteiger partial charge in [0.1, 0.15) is 5.75 Å². The van der Waals surface area contributed by atoms with E-state index in [0.717, 1.165) is 26.8 Å². The zero-order chi connectivity index (χ0) is 13.2. The smallest absolute Gasteiger partial charge is 0.188 e. The molecule has 1 N–H and O–H groups in total. The van der Waals surface area contributed by atoms with E-state index in [-0.39, 0.29) is 0 Å². The number of halogens is 1. The molecule has 0 radical (unpaired) electrons. The molecule has 0 aliphatic carbocycles. The number of benzene rings is 2. The highest BCUT2D eigenvalue weighted by Crippen LogP contribution is 2.30.